The van der Waals surface area contributed by atoms with E-state index in [9.17, 15) is 4.79 Å². The molecule has 3 aromatic rings. The van der Waals surface area contributed by atoms with Gasteiger partial charge in [0.05, 0.1) is 10.2 Å². The van der Waals surface area contributed by atoms with E-state index in [-0.39, 0.29) is 5.91 Å². The molecule has 0 aliphatic rings. The van der Waals surface area contributed by atoms with Crippen LogP contribution >= 0.6 is 11.3 Å². The summed E-state index contributed by atoms with van der Waals surface area (Å²) in [5, 5.41) is 0. The molecule has 4 nitrogen and oxygen atoms in total. The zero-order valence-corrected chi connectivity index (χ0v) is 16.4. The number of nitrogens with zero attached hydrogens (tertiary/aromatic N) is 3. The van der Waals surface area contributed by atoms with E-state index >= 15 is 0 Å². The number of hydrogen-bond donors (Lipinski definition) is 0. The first-order valence-electron chi connectivity index (χ1n) is 8.48. The molecule has 2 aromatic carbocycles. The van der Waals surface area contributed by atoms with Gasteiger partial charge in [-0.25, -0.2) is 0 Å². The van der Waals surface area contributed by atoms with Crippen LogP contribution < -0.4 is 9.70 Å². The van der Waals surface area contributed by atoms with Crippen molar-refractivity contribution in [1.82, 2.24) is 4.57 Å². The lowest BCUT2D eigenvalue weighted by Gasteiger charge is -2.11. The highest BCUT2D eigenvalue weighted by atomic mass is 32.1. The Hall–Kier alpha value is -2.66. The molecule has 0 saturated heterocycles. The molecule has 0 spiro atoms. The number of aromatic nitrogens is 1. The zero-order valence-electron chi connectivity index (χ0n) is 15.6. The van der Waals surface area contributed by atoms with Gasteiger partial charge in [-0.3, -0.25) is 4.79 Å². The topological polar surface area (TPSA) is 37.6 Å². The summed E-state index contributed by atoms with van der Waals surface area (Å²) in [6.07, 6.45) is 1.83. The molecule has 0 bridgehead atoms. The largest absolute Gasteiger partial charge is 0.378 e. The second-order valence-electron chi connectivity index (χ2n) is 6.57. The Labute approximate surface area is 157 Å². The number of rotatable bonds is 4. The SMILES string of the molecule is C=CCn1c(=NC(=O)c2ccc(N(C)C)cc2)sc2c(C)cc(C)cc21. The van der Waals surface area contributed by atoms with Gasteiger partial charge in [0.15, 0.2) is 4.80 Å². The standard InChI is InChI=1S/C21H23N3OS/c1-6-11-24-18-13-14(2)12-15(3)19(18)26-21(24)22-20(25)16-7-9-17(10-8-16)23(4)5/h6-10,12-13H,1,11H2,2-5H3. The molecule has 0 aliphatic carbocycles. The molecule has 134 valence electrons. The molecular formula is C21H23N3OS. The number of fused-ring (bicyclic) bond motifs is 1. The first-order valence-corrected chi connectivity index (χ1v) is 9.30. The second-order valence-corrected chi connectivity index (χ2v) is 7.55. The van der Waals surface area contributed by atoms with Gasteiger partial charge in [0.2, 0.25) is 0 Å². The molecule has 1 amide bonds. The van der Waals surface area contributed by atoms with Crippen LogP contribution in [-0.2, 0) is 6.54 Å². The van der Waals surface area contributed by atoms with Gasteiger partial charge in [0.25, 0.3) is 5.91 Å². The number of anilines is 1. The minimum Gasteiger partial charge on any atom is -0.378 e. The van der Waals surface area contributed by atoms with Gasteiger partial charge in [-0.2, -0.15) is 4.99 Å². The normalized spacial score (nSPS) is 11.8. The maximum atomic E-state index is 12.7. The molecule has 0 aliphatic heterocycles. The van der Waals surface area contributed by atoms with Gasteiger partial charge in [-0.15, -0.1) is 6.58 Å². The summed E-state index contributed by atoms with van der Waals surface area (Å²) in [6, 6.07) is 11.8. The fourth-order valence-electron chi connectivity index (χ4n) is 2.96. The van der Waals surface area contributed by atoms with Crippen molar-refractivity contribution in [3.05, 3.63) is 70.5 Å². The van der Waals surface area contributed by atoms with Crippen LogP contribution in [0.1, 0.15) is 21.5 Å². The van der Waals surface area contributed by atoms with Gasteiger partial charge in [0, 0.05) is 31.9 Å². The van der Waals surface area contributed by atoms with Crippen molar-refractivity contribution in [3.63, 3.8) is 0 Å². The lowest BCUT2D eigenvalue weighted by atomic mass is 10.1. The van der Waals surface area contributed by atoms with E-state index in [1.807, 2.05) is 49.3 Å². The summed E-state index contributed by atoms with van der Waals surface area (Å²) in [6.45, 7) is 8.64. The molecule has 0 unspecified atom stereocenters. The third kappa shape index (κ3) is 3.48. The van der Waals surface area contributed by atoms with Crippen molar-refractivity contribution in [1.29, 1.82) is 0 Å². The average Bonchev–Trinajstić information content (AvgIpc) is 2.93. The number of aryl methyl sites for hydroxylation is 2. The number of amides is 1. The average molecular weight is 366 g/mol. The highest BCUT2D eigenvalue weighted by Gasteiger charge is 2.11. The Morgan fingerprint density at radius 1 is 1.23 bits per heavy atom. The summed E-state index contributed by atoms with van der Waals surface area (Å²) in [5.41, 5.74) is 5.14. The second kappa shape index (κ2) is 7.30. The predicted molar refractivity (Wildman–Crippen MR) is 110 cm³/mol. The zero-order chi connectivity index (χ0) is 18.8. The van der Waals surface area contributed by atoms with Crippen LogP contribution in [0.3, 0.4) is 0 Å². The van der Waals surface area contributed by atoms with Crippen LogP contribution in [-0.4, -0.2) is 24.6 Å². The van der Waals surface area contributed by atoms with Gasteiger partial charge >= 0.3 is 0 Å². The van der Waals surface area contributed by atoms with E-state index in [0.29, 0.717) is 16.9 Å². The quantitative estimate of drug-likeness (QED) is 0.646. The van der Waals surface area contributed by atoms with Crippen LogP contribution in [0, 0.1) is 13.8 Å². The highest BCUT2D eigenvalue weighted by Crippen LogP contribution is 2.23. The summed E-state index contributed by atoms with van der Waals surface area (Å²) < 4.78 is 3.21. The highest BCUT2D eigenvalue weighted by molar-refractivity contribution is 7.16. The molecule has 0 atom stereocenters. The number of allylic oxidation sites excluding steroid dienone is 1. The first kappa shape index (κ1) is 18.1. The smallest absolute Gasteiger partial charge is 0.279 e. The van der Waals surface area contributed by atoms with E-state index in [0.717, 1.165) is 15.9 Å². The summed E-state index contributed by atoms with van der Waals surface area (Å²) in [5.74, 6) is -0.228. The fraction of sp³-hybridized carbons (Fsp3) is 0.238. The summed E-state index contributed by atoms with van der Waals surface area (Å²) in [7, 11) is 3.95. The van der Waals surface area contributed by atoms with Crippen LogP contribution in [0.2, 0.25) is 0 Å². The van der Waals surface area contributed by atoms with Crippen LogP contribution in [0.25, 0.3) is 10.2 Å². The number of benzene rings is 2. The van der Waals surface area contributed by atoms with Crippen molar-refractivity contribution in [2.75, 3.05) is 19.0 Å². The fourth-order valence-corrected chi connectivity index (χ4v) is 4.04. The third-order valence-electron chi connectivity index (χ3n) is 4.25. The Balaban J connectivity index is 2.11. The van der Waals surface area contributed by atoms with Crippen molar-refractivity contribution < 1.29 is 4.79 Å². The van der Waals surface area contributed by atoms with Gasteiger partial charge in [-0.1, -0.05) is 23.5 Å². The van der Waals surface area contributed by atoms with Crippen molar-refractivity contribution >= 4 is 33.1 Å². The minimum atomic E-state index is -0.228. The summed E-state index contributed by atoms with van der Waals surface area (Å²) in [4.78, 5) is 19.8. The molecule has 3 rings (SSSR count). The van der Waals surface area contributed by atoms with E-state index in [4.69, 9.17) is 0 Å². The predicted octanol–water partition coefficient (Wildman–Crippen LogP) is 4.31. The third-order valence-corrected chi connectivity index (χ3v) is 5.48. The van der Waals surface area contributed by atoms with Crippen molar-refractivity contribution in [2.24, 2.45) is 4.99 Å². The maximum Gasteiger partial charge on any atom is 0.279 e. The molecule has 0 N–H and O–H groups in total. The van der Waals surface area contributed by atoms with Crippen LogP contribution in [0.4, 0.5) is 5.69 Å². The number of thiazole rings is 1. The van der Waals surface area contributed by atoms with Gasteiger partial charge in [-0.05, 0) is 55.3 Å². The molecule has 1 aromatic heterocycles. The number of carbonyl (C=O) groups is 1. The van der Waals surface area contributed by atoms with Gasteiger partial charge in [0.1, 0.15) is 0 Å². The number of hydrogen-bond acceptors (Lipinski definition) is 3. The molecule has 0 fully saturated rings. The Kier molecular flexibility index (Phi) is 5.09. The molecule has 26 heavy (non-hydrogen) atoms. The Morgan fingerprint density at radius 3 is 2.54 bits per heavy atom. The monoisotopic (exact) mass is 365 g/mol. The molecule has 0 radical (unpaired) electrons. The lowest BCUT2D eigenvalue weighted by molar-refractivity contribution is 0.0998. The van der Waals surface area contributed by atoms with Crippen LogP contribution in [0.15, 0.2) is 54.0 Å². The van der Waals surface area contributed by atoms with Crippen LogP contribution in [0.5, 0.6) is 0 Å². The van der Waals surface area contributed by atoms with Crippen molar-refractivity contribution in [3.8, 4) is 0 Å². The van der Waals surface area contributed by atoms with Gasteiger partial charge < -0.3 is 9.47 Å². The minimum absolute atomic E-state index is 0.228. The molecule has 1 heterocycles. The van der Waals surface area contributed by atoms with E-state index in [1.165, 1.54) is 11.1 Å². The van der Waals surface area contributed by atoms with E-state index < -0.39 is 0 Å². The molecule has 5 heteroatoms. The first-order chi connectivity index (χ1) is 12.4. The summed E-state index contributed by atoms with van der Waals surface area (Å²) >= 11 is 1.55. The van der Waals surface area contributed by atoms with E-state index in [2.05, 4.69) is 42.1 Å². The van der Waals surface area contributed by atoms with Crippen molar-refractivity contribution in [2.45, 2.75) is 20.4 Å². The lowest BCUT2D eigenvalue weighted by Crippen LogP contribution is -2.16. The van der Waals surface area contributed by atoms with E-state index in [1.54, 1.807) is 11.3 Å². The molecule has 0 saturated carbocycles. The molecular weight excluding hydrogens is 342 g/mol. The Bertz CT molecular complexity index is 1040. The maximum absolute atomic E-state index is 12.7. The number of carbonyl (C=O) groups excluding carboxylic acids is 1. The Morgan fingerprint density at radius 2 is 1.92 bits per heavy atom.